The molecule has 0 bridgehead atoms. The highest BCUT2D eigenvalue weighted by Gasteiger charge is 2.02. The molecule has 0 atom stereocenters. The highest BCUT2D eigenvalue weighted by Crippen LogP contribution is 2.07. The second-order valence-corrected chi connectivity index (χ2v) is 3.80. The average molecular weight is 245 g/mol. The Kier molecular flexibility index (Phi) is 6.07. The van der Waals surface area contributed by atoms with Crippen molar-refractivity contribution >= 4 is 17.5 Å². The topological polar surface area (TPSA) is 50.3 Å². The van der Waals surface area contributed by atoms with Gasteiger partial charge in [0.2, 0.25) is 5.95 Å². The Labute approximate surface area is 101 Å². The Hall–Kier alpha value is -0.910. The molecule has 5 nitrogen and oxygen atoms in total. The number of ether oxygens (including phenoxy) is 1. The molecule has 16 heavy (non-hydrogen) atoms. The lowest BCUT2D eigenvalue weighted by molar-refractivity contribution is 0.200. The SMILES string of the molecule is COCCNCCN(C)c1ncc(Cl)cn1. The maximum atomic E-state index is 5.71. The lowest BCUT2D eigenvalue weighted by Gasteiger charge is -2.16. The standard InChI is InChI=1S/C10H17ClN4O/c1-15(5-3-12-4-6-16-2)10-13-7-9(11)8-14-10/h7-8,12H,3-6H2,1-2H3. The summed E-state index contributed by atoms with van der Waals surface area (Å²) in [6, 6.07) is 0. The van der Waals surface area contributed by atoms with Crippen molar-refractivity contribution in [3.63, 3.8) is 0 Å². The van der Waals surface area contributed by atoms with E-state index in [2.05, 4.69) is 15.3 Å². The van der Waals surface area contributed by atoms with Gasteiger partial charge in [-0.05, 0) is 0 Å². The van der Waals surface area contributed by atoms with E-state index in [1.165, 1.54) is 0 Å². The molecule has 1 N–H and O–H groups in total. The van der Waals surface area contributed by atoms with Crippen molar-refractivity contribution in [2.24, 2.45) is 0 Å². The van der Waals surface area contributed by atoms with Crippen molar-refractivity contribution in [2.75, 3.05) is 45.3 Å². The maximum absolute atomic E-state index is 5.71. The van der Waals surface area contributed by atoms with Gasteiger partial charge in [0.25, 0.3) is 0 Å². The number of methoxy groups -OCH3 is 1. The van der Waals surface area contributed by atoms with E-state index in [1.54, 1.807) is 19.5 Å². The summed E-state index contributed by atoms with van der Waals surface area (Å²) < 4.78 is 4.93. The molecular formula is C10H17ClN4O. The number of aromatic nitrogens is 2. The van der Waals surface area contributed by atoms with Gasteiger partial charge >= 0.3 is 0 Å². The van der Waals surface area contributed by atoms with E-state index in [1.807, 2.05) is 11.9 Å². The highest BCUT2D eigenvalue weighted by atomic mass is 35.5. The zero-order valence-electron chi connectivity index (χ0n) is 9.61. The number of halogens is 1. The monoisotopic (exact) mass is 244 g/mol. The third kappa shape index (κ3) is 4.74. The molecule has 0 amide bonds. The molecule has 1 rings (SSSR count). The van der Waals surface area contributed by atoms with Gasteiger partial charge in [-0.3, -0.25) is 0 Å². The first-order valence-corrected chi connectivity index (χ1v) is 5.50. The third-order valence-electron chi connectivity index (χ3n) is 2.06. The normalized spacial score (nSPS) is 10.4. The second kappa shape index (κ2) is 7.38. The molecule has 1 aromatic heterocycles. The number of hydrogen-bond acceptors (Lipinski definition) is 5. The van der Waals surface area contributed by atoms with Crippen molar-refractivity contribution in [3.05, 3.63) is 17.4 Å². The van der Waals surface area contributed by atoms with Crippen LogP contribution in [-0.2, 0) is 4.74 Å². The zero-order chi connectivity index (χ0) is 11.8. The van der Waals surface area contributed by atoms with Crippen molar-refractivity contribution in [1.82, 2.24) is 15.3 Å². The number of nitrogens with one attached hydrogen (secondary N) is 1. The highest BCUT2D eigenvalue weighted by molar-refractivity contribution is 6.30. The maximum Gasteiger partial charge on any atom is 0.225 e. The summed E-state index contributed by atoms with van der Waals surface area (Å²) in [5.74, 6) is 0.679. The number of hydrogen-bond donors (Lipinski definition) is 1. The van der Waals surface area contributed by atoms with Crippen LogP contribution in [0.25, 0.3) is 0 Å². The molecule has 0 saturated heterocycles. The lowest BCUT2D eigenvalue weighted by Crippen LogP contribution is -2.31. The van der Waals surface area contributed by atoms with E-state index >= 15 is 0 Å². The molecule has 0 radical (unpaired) electrons. The Morgan fingerprint density at radius 1 is 1.38 bits per heavy atom. The van der Waals surface area contributed by atoms with E-state index in [0.29, 0.717) is 11.0 Å². The van der Waals surface area contributed by atoms with Gasteiger partial charge in [0, 0.05) is 33.8 Å². The van der Waals surface area contributed by atoms with Gasteiger partial charge in [-0.1, -0.05) is 11.6 Å². The van der Waals surface area contributed by atoms with Crippen molar-refractivity contribution in [1.29, 1.82) is 0 Å². The minimum Gasteiger partial charge on any atom is -0.383 e. The molecule has 90 valence electrons. The molecule has 0 aliphatic carbocycles. The van der Waals surface area contributed by atoms with E-state index in [0.717, 1.165) is 26.2 Å². The summed E-state index contributed by atoms with van der Waals surface area (Å²) in [5.41, 5.74) is 0. The predicted octanol–water partition coefficient (Wildman–Crippen LogP) is 0.802. The van der Waals surface area contributed by atoms with Crippen molar-refractivity contribution < 1.29 is 4.74 Å². The van der Waals surface area contributed by atoms with Crippen LogP contribution in [0, 0.1) is 0 Å². The van der Waals surface area contributed by atoms with Crippen LogP contribution in [-0.4, -0.2) is 50.4 Å². The number of nitrogens with zero attached hydrogens (tertiary/aromatic N) is 3. The molecular weight excluding hydrogens is 228 g/mol. The molecule has 0 aromatic carbocycles. The molecule has 1 heterocycles. The number of rotatable bonds is 7. The Balaban J connectivity index is 2.24. The van der Waals surface area contributed by atoms with Gasteiger partial charge in [-0.15, -0.1) is 0 Å². The summed E-state index contributed by atoms with van der Waals surface area (Å²) in [5, 5.41) is 3.80. The predicted molar refractivity (Wildman–Crippen MR) is 65.1 cm³/mol. The number of anilines is 1. The van der Waals surface area contributed by atoms with Gasteiger partial charge in [0.05, 0.1) is 24.0 Å². The van der Waals surface area contributed by atoms with Gasteiger partial charge in [0.1, 0.15) is 0 Å². The fourth-order valence-corrected chi connectivity index (χ4v) is 1.25. The van der Waals surface area contributed by atoms with Crippen LogP contribution in [0.4, 0.5) is 5.95 Å². The van der Waals surface area contributed by atoms with E-state index in [4.69, 9.17) is 16.3 Å². The van der Waals surface area contributed by atoms with Crippen LogP contribution >= 0.6 is 11.6 Å². The molecule has 6 heteroatoms. The molecule has 0 aliphatic rings. The first kappa shape index (κ1) is 13.2. The van der Waals surface area contributed by atoms with Gasteiger partial charge < -0.3 is 15.0 Å². The Morgan fingerprint density at radius 2 is 2.06 bits per heavy atom. The minimum absolute atomic E-state index is 0.551. The fourth-order valence-electron chi connectivity index (χ4n) is 1.15. The average Bonchev–Trinajstić information content (AvgIpc) is 2.29. The Bertz CT molecular complexity index is 293. The van der Waals surface area contributed by atoms with E-state index in [-0.39, 0.29) is 0 Å². The van der Waals surface area contributed by atoms with Crippen LogP contribution in [0.2, 0.25) is 5.02 Å². The first-order valence-electron chi connectivity index (χ1n) is 5.12. The summed E-state index contributed by atoms with van der Waals surface area (Å²) in [6.07, 6.45) is 3.19. The molecule has 0 unspecified atom stereocenters. The summed E-state index contributed by atoms with van der Waals surface area (Å²) in [6.45, 7) is 3.28. The molecule has 0 saturated carbocycles. The van der Waals surface area contributed by atoms with Crippen LogP contribution in [0.1, 0.15) is 0 Å². The summed E-state index contributed by atoms with van der Waals surface area (Å²) >= 11 is 5.71. The first-order chi connectivity index (χ1) is 7.74. The third-order valence-corrected chi connectivity index (χ3v) is 2.25. The lowest BCUT2D eigenvalue weighted by atomic mass is 10.5. The quantitative estimate of drug-likeness (QED) is 0.720. The van der Waals surface area contributed by atoms with Crippen molar-refractivity contribution in [2.45, 2.75) is 0 Å². The van der Waals surface area contributed by atoms with Crippen LogP contribution in [0.5, 0.6) is 0 Å². The molecule has 0 fully saturated rings. The van der Waals surface area contributed by atoms with Crippen LogP contribution in [0.15, 0.2) is 12.4 Å². The summed E-state index contributed by atoms with van der Waals surface area (Å²) in [4.78, 5) is 10.2. The zero-order valence-corrected chi connectivity index (χ0v) is 10.4. The fraction of sp³-hybridized carbons (Fsp3) is 0.600. The second-order valence-electron chi connectivity index (χ2n) is 3.37. The number of likely N-dealkylation sites (N-methyl/N-ethyl adjacent to an activating group) is 1. The molecule has 1 aromatic rings. The van der Waals surface area contributed by atoms with Crippen molar-refractivity contribution in [3.8, 4) is 0 Å². The largest absolute Gasteiger partial charge is 0.383 e. The molecule has 0 aliphatic heterocycles. The smallest absolute Gasteiger partial charge is 0.225 e. The van der Waals surface area contributed by atoms with Crippen LogP contribution < -0.4 is 10.2 Å². The van der Waals surface area contributed by atoms with E-state index < -0.39 is 0 Å². The summed E-state index contributed by atoms with van der Waals surface area (Å²) in [7, 11) is 3.64. The minimum atomic E-state index is 0.551. The van der Waals surface area contributed by atoms with E-state index in [9.17, 15) is 0 Å². The van der Waals surface area contributed by atoms with Crippen LogP contribution in [0.3, 0.4) is 0 Å². The molecule has 0 spiro atoms. The van der Waals surface area contributed by atoms with Gasteiger partial charge in [-0.2, -0.15) is 0 Å². The van der Waals surface area contributed by atoms with Gasteiger partial charge in [0.15, 0.2) is 0 Å². The Morgan fingerprint density at radius 3 is 2.69 bits per heavy atom. The van der Waals surface area contributed by atoms with Gasteiger partial charge in [-0.25, -0.2) is 9.97 Å².